The molecule has 3 aromatic carbocycles. The molecule has 0 saturated heterocycles. The fraction of sp³-hybridized carbons (Fsp3) is 0.333. The lowest BCUT2D eigenvalue weighted by atomic mass is 10.0. The summed E-state index contributed by atoms with van der Waals surface area (Å²) in [7, 11) is 4.35. The Labute approximate surface area is 176 Å². The third-order valence-electron chi connectivity index (χ3n) is 5.42. The molecule has 0 N–H and O–H groups in total. The van der Waals surface area contributed by atoms with Crippen LogP contribution in [0.25, 0.3) is 0 Å². The van der Waals surface area contributed by atoms with Crippen LogP contribution in [0.3, 0.4) is 0 Å². The van der Waals surface area contributed by atoms with Crippen LogP contribution >= 0.6 is 0 Å². The molecule has 0 heterocycles. The Kier molecular flexibility index (Phi) is 8.03. The summed E-state index contributed by atoms with van der Waals surface area (Å²) < 4.78 is 0. The molecule has 2 heteroatoms. The average molecular weight is 387 g/mol. The first-order valence-corrected chi connectivity index (χ1v) is 10.7. The van der Waals surface area contributed by atoms with Gasteiger partial charge >= 0.3 is 0 Å². The van der Waals surface area contributed by atoms with E-state index in [1.54, 1.807) is 0 Å². The minimum absolute atomic E-state index is 0.442. The van der Waals surface area contributed by atoms with Crippen LogP contribution in [0.5, 0.6) is 0 Å². The van der Waals surface area contributed by atoms with Crippen LogP contribution in [0, 0.1) is 0 Å². The van der Waals surface area contributed by atoms with E-state index in [0.29, 0.717) is 6.04 Å². The van der Waals surface area contributed by atoms with Crippen LogP contribution < -0.4 is 0 Å². The van der Waals surface area contributed by atoms with Gasteiger partial charge in [0.1, 0.15) is 0 Å². The molecule has 0 aromatic heterocycles. The highest BCUT2D eigenvalue weighted by molar-refractivity contribution is 5.24. The second-order valence-electron chi connectivity index (χ2n) is 8.17. The summed E-state index contributed by atoms with van der Waals surface area (Å²) in [5, 5.41) is 0. The Hall–Kier alpha value is -2.42. The average Bonchev–Trinajstić information content (AvgIpc) is 2.74. The lowest BCUT2D eigenvalue weighted by Gasteiger charge is -2.34. The molecule has 0 saturated carbocycles. The van der Waals surface area contributed by atoms with Gasteiger partial charge in [0.25, 0.3) is 0 Å². The van der Waals surface area contributed by atoms with Gasteiger partial charge in [0.05, 0.1) is 0 Å². The number of rotatable bonds is 10. The highest BCUT2D eigenvalue weighted by Crippen LogP contribution is 2.18. The van der Waals surface area contributed by atoms with Crippen molar-refractivity contribution in [2.24, 2.45) is 0 Å². The van der Waals surface area contributed by atoms with Gasteiger partial charge in [-0.1, -0.05) is 91.9 Å². The van der Waals surface area contributed by atoms with Crippen molar-refractivity contribution in [1.29, 1.82) is 0 Å². The topological polar surface area (TPSA) is 6.48 Å². The largest absolute Gasteiger partial charge is 0.308 e. The van der Waals surface area contributed by atoms with Crippen LogP contribution in [0.1, 0.15) is 29.2 Å². The minimum Gasteiger partial charge on any atom is -0.308 e. The van der Waals surface area contributed by atoms with E-state index in [2.05, 4.69) is 116 Å². The van der Waals surface area contributed by atoms with Gasteiger partial charge in [-0.15, -0.1) is 0 Å². The normalized spacial score (nSPS) is 12.4. The van der Waals surface area contributed by atoms with Crippen LogP contribution in [-0.4, -0.2) is 36.5 Å². The third kappa shape index (κ3) is 6.85. The second-order valence-corrected chi connectivity index (χ2v) is 8.17. The molecule has 29 heavy (non-hydrogen) atoms. The van der Waals surface area contributed by atoms with Crippen LogP contribution in [0.15, 0.2) is 84.9 Å². The molecule has 0 bridgehead atoms. The smallest absolute Gasteiger partial charge is 0.0270 e. The maximum Gasteiger partial charge on any atom is 0.0270 e. The van der Waals surface area contributed by atoms with Crippen molar-refractivity contribution in [3.8, 4) is 0 Å². The van der Waals surface area contributed by atoms with E-state index in [-0.39, 0.29) is 0 Å². The number of likely N-dealkylation sites (N-methyl/N-ethyl adjacent to an activating group) is 1. The SMILES string of the molecule is CCc1cccc(CN(Cc2ccccc2)[C@@H](Cc2ccccc2)CN(C)C)c1. The summed E-state index contributed by atoms with van der Waals surface area (Å²) in [4.78, 5) is 4.96. The monoisotopic (exact) mass is 386 g/mol. The Bertz CT molecular complexity index is 843. The van der Waals surface area contributed by atoms with Crippen molar-refractivity contribution in [1.82, 2.24) is 9.80 Å². The summed E-state index contributed by atoms with van der Waals surface area (Å²) in [6, 6.07) is 31.3. The Morgan fingerprint density at radius 2 is 1.21 bits per heavy atom. The standard InChI is InChI=1S/C27H34N2/c1-4-23-16-11-17-26(18-23)21-29(20-25-14-9-6-10-15-25)27(22-28(2)3)19-24-12-7-5-8-13-24/h5-18,27H,4,19-22H2,1-3H3/t27-/m0/s1. The van der Waals surface area contributed by atoms with Gasteiger partial charge in [0.2, 0.25) is 0 Å². The van der Waals surface area contributed by atoms with Crippen LogP contribution in [0.2, 0.25) is 0 Å². The van der Waals surface area contributed by atoms with Crippen LogP contribution in [0.4, 0.5) is 0 Å². The molecule has 0 aliphatic carbocycles. The van der Waals surface area contributed by atoms with Gasteiger partial charge in [-0.2, -0.15) is 0 Å². The zero-order valence-electron chi connectivity index (χ0n) is 18.1. The van der Waals surface area contributed by atoms with E-state index in [9.17, 15) is 0 Å². The van der Waals surface area contributed by atoms with Crippen molar-refractivity contribution in [2.45, 2.75) is 38.9 Å². The molecule has 0 aliphatic rings. The van der Waals surface area contributed by atoms with E-state index in [4.69, 9.17) is 0 Å². The van der Waals surface area contributed by atoms with E-state index >= 15 is 0 Å². The van der Waals surface area contributed by atoms with E-state index in [1.165, 1.54) is 22.3 Å². The number of hydrogen-bond donors (Lipinski definition) is 0. The van der Waals surface area contributed by atoms with Gasteiger partial charge in [0, 0.05) is 25.7 Å². The molecule has 0 spiro atoms. The molecule has 3 rings (SSSR count). The highest BCUT2D eigenvalue weighted by atomic mass is 15.2. The number of hydrogen-bond acceptors (Lipinski definition) is 2. The Morgan fingerprint density at radius 1 is 0.655 bits per heavy atom. The lowest BCUT2D eigenvalue weighted by molar-refractivity contribution is 0.145. The predicted molar refractivity (Wildman–Crippen MR) is 124 cm³/mol. The molecular weight excluding hydrogens is 352 g/mol. The zero-order valence-corrected chi connectivity index (χ0v) is 18.1. The highest BCUT2D eigenvalue weighted by Gasteiger charge is 2.21. The molecule has 2 nitrogen and oxygen atoms in total. The van der Waals surface area contributed by atoms with Crippen molar-refractivity contribution < 1.29 is 0 Å². The second kappa shape index (κ2) is 10.9. The predicted octanol–water partition coefficient (Wildman–Crippen LogP) is 5.42. The maximum atomic E-state index is 2.65. The number of nitrogens with zero attached hydrogens (tertiary/aromatic N) is 2. The number of aryl methyl sites for hydroxylation is 1. The van der Waals surface area contributed by atoms with Gasteiger partial charge < -0.3 is 4.90 Å². The zero-order chi connectivity index (χ0) is 20.5. The van der Waals surface area contributed by atoms with Crippen molar-refractivity contribution >= 4 is 0 Å². The fourth-order valence-corrected chi connectivity index (χ4v) is 3.93. The minimum atomic E-state index is 0.442. The first-order valence-electron chi connectivity index (χ1n) is 10.7. The molecule has 0 unspecified atom stereocenters. The molecule has 152 valence electrons. The number of benzene rings is 3. The summed E-state index contributed by atoms with van der Waals surface area (Å²) in [6.45, 7) is 5.19. The molecular formula is C27H34N2. The summed E-state index contributed by atoms with van der Waals surface area (Å²) in [5.41, 5.74) is 5.59. The molecule has 0 amide bonds. The van der Waals surface area contributed by atoms with Gasteiger partial charge in [-0.3, -0.25) is 4.90 Å². The summed E-state index contributed by atoms with van der Waals surface area (Å²) in [5.74, 6) is 0. The van der Waals surface area contributed by atoms with Crippen LogP contribution in [-0.2, 0) is 25.9 Å². The third-order valence-corrected chi connectivity index (χ3v) is 5.42. The molecule has 3 aromatic rings. The summed E-state index contributed by atoms with van der Waals surface area (Å²) in [6.07, 6.45) is 2.14. The Morgan fingerprint density at radius 3 is 1.83 bits per heavy atom. The van der Waals surface area contributed by atoms with Gasteiger partial charge in [-0.05, 0) is 49.2 Å². The van der Waals surface area contributed by atoms with Crippen molar-refractivity contribution in [3.63, 3.8) is 0 Å². The molecule has 0 aliphatic heterocycles. The fourth-order valence-electron chi connectivity index (χ4n) is 3.93. The lowest BCUT2D eigenvalue weighted by Crippen LogP contribution is -2.42. The van der Waals surface area contributed by atoms with Gasteiger partial charge in [0.15, 0.2) is 0 Å². The molecule has 0 fully saturated rings. The Balaban J connectivity index is 1.88. The maximum absolute atomic E-state index is 2.65. The van der Waals surface area contributed by atoms with E-state index in [0.717, 1.165) is 32.5 Å². The van der Waals surface area contributed by atoms with E-state index < -0.39 is 0 Å². The first-order chi connectivity index (χ1) is 14.1. The molecule has 1 atom stereocenters. The van der Waals surface area contributed by atoms with Crippen molar-refractivity contribution in [2.75, 3.05) is 20.6 Å². The molecule has 0 radical (unpaired) electrons. The van der Waals surface area contributed by atoms with E-state index in [1.807, 2.05) is 0 Å². The quantitative estimate of drug-likeness (QED) is 0.459. The first kappa shape index (κ1) is 21.3. The van der Waals surface area contributed by atoms with Crippen molar-refractivity contribution in [3.05, 3.63) is 107 Å². The summed E-state index contributed by atoms with van der Waals surface area (Å²) >= 11 is 0. The van der Waals surface area contributed by atoms with Gasteiger partial charge in [-0.25, -0.2) is 0 Å².